The molecule has 0 aromatic rings. The Balaban J connectivity index is 1.84. The molecule has 0 heterocycles. The fourth-order valence-electron chi connectivity index (χ4n) is 2.39. The van der Waals surface area contributed by atoms with Crippen LogP contribution in [-0.2, 0) is 0 Å². The minimum Gasteiger partial charge on any atom is -0.390 e. The highest BCUT2D eigenvalue weighted by molar-refractivity contribution is 5.01. The third kappa shape index (κ3) is 1.09. The molecule has 0 unspecified atom stereocenters. The second-order valence-corrected chi connectivity index (χ2v) is 4.24. The summed E-state index contributed by atoms with van der Waals surface area (Å²) in [6.07, 6.45) is 5.74. The molecule has 0 aromatic heterocycles. The van der Waals surface area contributed by atoms with Gasteiger partial charge in [-0.15, -0.1) is 0 Å². The van der Waals surface area contributed by atoms with E-state index in [1.54, 1.807) is 0 Å². The van der Waals surface area contributed by atoms with Crippen LogP contribution in [0, 0.1) is 11.8 Å². The standard InChI is InChI=1S/C9H17NO/c10-6-7-4-9(11,5-7)8-2-1-3-8/h7-8,11H,1-6,10H2. The van der Waals surface area contributed by atoms with Gasteiger partial charge in [-0.05, 0) is 44.1 Å². The summed E-state index contributed by atoms with van der Waals surface area (Å²) in [6, 6.07) is 0. The van der Waals surface area contributed by atoms with Crippen molar-refractivity contribution in [3.8, 4) is 0 Å². The zero-order valence-corrected chi connectivity index (χ0v) is 6.92. The van der Waals surface area contributed by atoms with E-state index < -0.39 is 0 Å². The van der Waals surface area contributed by atoms with Gasteiger partial charge in [0.15, 0.2) is 0 Å². The van der Waals surface area contributed by atoms with Gasteiger partial charge in [-0.3, -0.25) is 0 Å². The van der Waals surface area contributed by atoms with Crippen LogP contribution < -0.4 is 5.73 Å². The van der Waals surface area contributed by atoms with Gasteiger partial charge in [0.2, 0.25) is 0 Å². The molecule has 2 aliphatic rings. The molecule has 3 N–H and O–H groups in total. The topological polar surface area (TPSA) is 46.2 Å². The summed E-state index contributed by atoms with van der Waals surface area (Å²) in [6.45, 7) is 0.759. The number of hydrogen-bond donors (Lipinski definition) is 2. The summed E-state index contributed by atoms with van der Waals surface area (Å²) in [4.78, 5) is 0. The molecule has 0 spiro atoms. The van der Waals surface area contributed by atoms with Gasteiger partial charge in [0, 0.05) is 0 Å². The maximum absolute atomic E-state index is 9.98. The average molecular weight is 155 g/mol. The zero-order valence-electron chi connectivity index (χ0n) is 6.92. The van der Waals surface area contributed by atoms with Crippen molar-refractivity contribution in [3.63, 3.8) is 0 Å². The first-order valence-electron chi connectivity index (χ1n) is 4.67. The van der Waals surface area contributed by atoms with E-state index >= 15 is 0 Å². The molecule has 0 aromatic carbocycles. The molecule has 2 fully saturated rings. The van der Waals surface area contributed by atoms with Gasteiger partial charge in [-0.2, -0.15) is 0 Å². The highest BCUT2D eigenvalue weighted by Crippen LogP contribution is 2.49. The van der Waals surface area contributed by atoms with Crippen LogP contribution >= 0.6 is 0 Å². The smallest absolute Gasteiger partial charge is 0.0682 e. The van der Waals surface area contributed by atoms with Crippen LogP contribution in [0.4, 0.5) is 0 Å². The molecule has 0 atom stereocenters. The van der Waals surface area contributed by atoms with E-state index in [1.807, 2.05) is 0 Å². The summed E-state index contributed by atoms with van der Waals surface area (Å²) < 4.78 is 0. The van der Waals surface area contributed by atoms with Gasteiger partial charge in [0.05, 0.1) is 5.60 Å². The minimum atomic E-state index is -0.289. The Morgan fingerprint density at radius 1 is 1.36 bits per heavy atom. The normalized spacial score (nSPS) is 44.7. The quantitative estimate of drug-likeness (QED) is 0.622. The Morgan fingerprint density at radius 2 is 2.00 bits per heavy atom. The first kappa shape index (κ1) is 7.56. The molecule has 2 heteroatoms. The van der Waals surface area contributed by atoms with E-state index in [0.29, 0.717) is 11.8 Å². The van der Waals surface area contributed by atoms with Crippen molar-refractivity contribution in [2.75, 3.05) is 6.54 Å². The molecule has 0 amide bonds. The van der Waals surface area contributed by atoms with Crippen molar-refractivity contribution in [2.45, 2.75) is 37.7 Å². The fraction of sp³-hybridized carbons (Fsp3) is 1.00. The fourth-order valence-corrected chi connectivity index (χ4v) is 2.39. The van der Waals surface area contributed by atoms with E-state index in [0.717, 1.165) is 19.4 Å². The number of aliphatic hydroxyl groups is 1. The van der Waals surface area contributed by atoms with Gasteiger partial charge in [0.1, 0.15) is 0 Å². The van der Waals surface area contributed by atoms with Crippen LogP contribution in [-0.4, -0.2) is 17.3 Å². The summed E-state index contributed by atoms with van der Waals surface area (Å²) in [5.41, 5.74) is 5.21. The molecular weight excluding hydrogens is 138 g/mol. The Hall–Kier alpha value is -0.0800. The van der Waals surface area contributed by atoms with E-state index in [4.69, 9.17) is 5.73 Å². The Labute approximate surface area is 67.8 Å². The van der Waals surface area contributed by atoms with E-state index in [9.17, 15) is 5.11 Å². The molecule has 2 aliphatic carbocycles. The first-order valence-corrected chi connectivity index (χ1v) is 4.67. The van der Waals surface area contributed by atoms with Crippen molar-refractivity contribution in [1.29, 1.82) is 0 Å². The van der Waals surface area contributed by atoms with Gasteiger partial charge in [-0.25, -0.2) is 0 Å². The van der Waals surface area contributed by atoms with E-state index in [2.05, 4.69) is 0 Å². The van der Waals surface area contributed by atoms with Crippen LogP contribution in [0.3, 0.4) is 0 Å². The summed E-state index contributed by atoms with van der Waals surface area (Å²) in [5.74, 6) is 1.23. The SMILES string of the molecule is NCC1CC(O)(C2CCC2)C1. The molecule has 2 rings (SSSR count). The van der Waals surface area contributed by atoms with Crippen molar-refractivity contribution in [2.24, 2.45) is 17.6 Å². The van der Waals surface area contributed by atoms with Crippen LogP contribution in [0.15, 0.2) is 0 Å². The Kier molecular flexibility index (Phi) is 1.69. The lowest BCUT2D eigenvalue weighted by atomic mass is 9.59. The third-order valence-electron chi connectivity index (χ3n) is 3.48. The third-order valence-corrected chi connectivity index (χ3v) is 3.48. The molecule has 11 heavy (non-hydrogen) atoms. The van der Waals surface area contributed by atoms with Gasteiger partial charge in [-0.1, -0.05) is 6.42 Å². The van der Waals surface area contributed by atoms with Crippen LogP contribution in [0.1, 0.15) is 32.1 Å². The largest absolute Gasteiger partial charge is 0.390 e. The maximum atomic E-state index is 9.98. The minimum absolute atomic E-state index is 0.289. The Bertz CT molecular complexity index is 148. The average Bonchev–Trinajstić information content (AvgIpc) is 1.77. The van der Waals surface area contributed by atoms with Gasteiger partial charge in [0.25, 0.3) is 0 Å². The molecule has 2 nitrogen and oxygen atoms in total. The maximum Gasteiger partial charge on any atom is 0.0682 e. The number of hydrogen-bond acceptors (Lipinski definition) is 2. The van der Waals surface area contributed by atoms with Crippen molar-refractivity contribution < 1.29 is 5.11 Å². The first-order chi connectivity index (χ1) is 5.24. The number of nitrogens with two attached hydrogens (primary N) is 1. The summed E-state index contributed by atoms with van der Waals surface area (Å²) in [7, 11) is 0. The van der Waals surface area contributed by atoms with Crippen LogP contribution in [0.5, 0.6) is 0 Å². The molecule has 64 valence electrons. The molecule has 0 aliphatic heterocycles. The summed E-state index contributed by atoms with van der Waals surface area (Å²) in [5, 5.41) is 9.98. The van der Waals surface area contributed by atoms with Gasteiger partial charge >= 0.3 is 0 Å². The van der Waals surface area contributed by atoms with Crippen molar-refractivity contribution in [3.05, 3.63) is 0 Å². The molecule has 2 saturated carbocycles. The van der Waals surface area contributed by atoms with Crippen LogP contribution in [0.2, 0.25) is 0 Å². The van der Waals surface area contributed by atoms with Gasteiger partial charge < -0.3 is 10.8 Å². The number of rotatable bonds is 2. The molecule has 0 bridgehead atoms. The van der Waals surface area contributed by atoms with Crippen molar-refractivity contribution in [1.82, 2.24) is 0 Å². The molecule has 0 radical (unpaired) electrons. The molecular formula is C9H17NO. The predicted octanol–water partition coefficient (Wildman–Crippen LogP) is 0.886. The predicted molar refractivity (Wildman–Crippen MR) is 44.1 cm³/mol. The monoisotopic (exact) mass is 155 g/mol. The second-order valence-electron chi connectivity index (χ2n) is 4.24. The highest BCUT2D eigenvalue weighted by atomic mass is 16.3. The second kappa shape index (κ2) is 2.46. The lowest BCUT2D eigenvalue weighted by Crippen LogP contribution is -2.53. The van der Waals surface area contributed by atoms with Crippen molar-refractivity contribution >= 4 is 0 Å². The lowest BCUT2D eigenvalue weighted by molar-refractivity contribution is -0.136. The summed E-state index contributed by atoms with van der Waals surface area (Å²) >= 11 is 0. The molecule has 0 saturated heterocycles. The van der Waals surface area contributed by atoms with Crippen LogP contribution in [0.25, 0.3) is 0 Å². The zero-order chi connectivity index (χ0) is 7.90. The Morgan fingerprint density at radius 3 is 2.36 bits per heavy atom. The highest BCUT2D eigenvalue weighted by Gasteiger charge is 2.49. The van der Waals surface area contributed by atoms with E-state index in [-0.39, 0.29) is 5.60 Å². The lowest BCUT2D eigenvalue weighted by Gasteiger charge is -2.51. The van der Waals surface area contributed by atoms with E-state index in [1.165, 1.54) is 19.3 Å².